The number of hydrogen-bond acceptors (Lipinski definition) is 4. The smallest absolute Gasteiger partial charge is 0.261 e. The van der Waals surface area contributed by atoms with Crippen LogP contribution in [-0.4, -0.2) is 49.4 Å². The summed E-state index contributed by atoms with van der Waals surface area (Å²) in [6.45, 7) is -0.0578. The van der Waals surface area contributed by atoms with Crippen molar-refractivity contribution in [3.63, 3.8) is 0 Å². The SMILES string of the molecule is O=C(COc1ccc(-c2ccccc2)cc1)N(C1CC1)[C@H]1CCS(=O)(=O)C1. The second kappa shape index (κ2) is 7.35. The van der Waals surface area contributed by atoms with Gasteiger partial charge in [-0.15, -0.1) is 0 Å². The predicted molar refractivity (Wildman–Crippen MR) is 104 cm³/mol. The van der Waals surface area contributed by atoms with E-state index in [-0.39, 0.29) is 36.1 Å². The highest BCUT2D eigenvalue weighted by Crippen LogP contribution is 2.32. The maximum Gasteiger partial charge on any atom is 0.261 e. The van der Waals surface area contributed by atoms with Crippen LogP contribution >= 0.6 is 0 Å². The number of ether oxygens (including phenoxy) is 1. The lowest BCUT2D eigenvalue weighted by Gasteiger charge is -2.28. The molecular weight excluding hydrogens is 362 g/mol. The first kappa shape index (κ1) is 18.0. The number of rotatable bonds is 6. The molecule has 2 aliphatic rings. The number of benzene rings is 2. The lowest BCUT2D eigenvalue weighted by molar-refractivity contribution is -0.135. The molecular formula is C21H23NO4S. The Bertz CT molecular complexity index is 905. The summed E-state index contributed by atoms with van der Waals surface area (Å²) in [5, 5.41) is 0. The van der Waals surface area contributed by atoms with Crippen molar-refractivity contribution in [1.82, 2.24) is 4.90 Å². The normalized spacial score (nSPS) is 21.0. The Labute approximate surface area is 159 Å². The Hall–Kier alpha value is -2.34. The topological polar surface area (TPSA) is 63.7 Å². The summed E-state index contributed by atoms with van der Waals surface area (Å²) in [6, 6.07) is 17.7. The minimum atomic E-state index is -3.01. The summed E-state index contributed by atoms with van der Waals surface area (Å²) in [4.78, 5) is 14.5. The average Bonchev–Trinajstić information content (AvgIpc) is 3.44. The fourth-order valence-corrected chi connectivity index (χ4v) is 5.36. The van der Waals surface area contributed by atoms with Crippen molar-refractivity contribution < 1.29 is 17.9 Å². The Balaban J connectivity index is 1.38. The fraction of sp³-hybridized carbons (Fsp3) is 0.381. The molecule has 0 unspecified atom stereocenters. The van der Waals surface area contributed by atoms with Crippen molar-refractivity contribution in [2.24, 2.45) is 0 Å². The van der Waals surface area contributed by atoms with Gasteiger partial charge in [0.05, 0.1) is 11.5 Å². The van der Waals surface area contributed by atoms with E-state index in [0.717, 1.165) is 24.0 Å². The van der Waals surface area contributed by atoms with Crippen LogP contribution in [-0.2, 0) is 14.6 Å². The van der Waals surface area contributed by atoms with Gasteiger partial charge in [0.15, 0.2) is 16.4 Å². The van der Waals surface area contributed by atoms with Crippen LogP contribution in [0, 0.1) is 0 Å². The number of nitrogens with zero attached hydrogens (tertiary/aromatic N) is 1. The lowest BCUT2D eigenvalue weighted by Crippen LogP contribution is -2.45. The first-order chi connectivity index (χ1) is 13.0. The molecule has 2 aromatic carbocycles. The standard InChI is InChI=1S/C21H23NO4S/c23-21(22(18-8-9-18)19-12-13-27(24,25)15-19)14-26-20-10-6-17(7-11-20)16-4-2-1-3-5-16/h1-7,10-11,18-19H,8-9,12-15H2/t19-/m0/s1. The van der Waals surface area contributed by atoms with E-state index < -0.39 is 9.84 Å². The molecule has 1 atom stereocenters. The second-order valence-electron chi connectivity index (χ2n) is 7.27. The molecule has 1 amide bonds. The molecule has 142 valence electrons. The number of hydrogen-bond donors (Lipinski definition) is 0. The molecule has 2 fully saturated rings. The van der Waals surface area contributed by atoms with Gasteiger partial charge in [-0.2, -0.15) is 0 Å². The molecule has 27 heavy (non-hydrogen) atoms. The van der Waals surface area contributed by atoms with E-state index in [1.165, 1.54) is 0 Å². The molecule has 0 spiro atoms. The van der Waals surface area contributed by atoms with Crippen molar-refractivity contribution in [2.75, 3.05) is 18.1 Å². The maximum absolute atomic E-state index is 12.7. The molecule has 0 radical (unpaired) electrons. The van der Waals surface area contributed by atoms with Crippen LogP contribution in [0.1, 0.15) is 19.3 Å². The molecule has 0 bridgehead atoms. The van der Waals surface area contributed by atoms with Crippen molar-refractivity contribution in [1.29, 1.82) is 0 Å². The molecule has 1 aliphatic carbocycles. The Morgan fingerprint density at radius 1 is 0.926 bits per heavy atom. The number of carbonyl (C=O) groups excluding carboxylic acids is 1. The van der Waals surface area contributed by atoms with Crippen molar-refractivity contribution in [2.45, 2.75) is 31.3 Å². The molecule has 1 saturated carbocycles. The summed E-state index contributed by atoms with van der Waals surface area (Å²) in [5.41, 5.74) is 2.22. The minimum Gasteiger partial charge on any atom is -0.484 e. The van der Waals surface area contributed by atoms with Crippen LogP contribution < -0.4 is 4.74 Å². The summed E-state index contributed by atoms with van der Waals surface area (Å²) in [6.07, 6.45) is 2.44. The van der Waals surface area contributed by atoms with Crippen LogP contribution in [0.25, 0.3) is 11.1 Å². The van der Waals surface area contributed by atoms with Crippen LogP contribution in [0.3, 0.4) is 0 Å². The Morgan fingerprint density at radius 2 is 1.59 bits per heavy atom. The second-order valence-corrected chi connectivity index (χ2v) is 9.50. The van der Waals surface area contributed by atoms with E-state index in [1.807, 2.05) is 54.6 Å². The van der Waals surface area contributed by atoms with Gasteiger partial charge < -0.3 is 9.64 Å². The van der Waals surface area contributed by atoms with Crippen molar-refractivity contribution in [3.05, 3.63) is 54.6 Å². The Morgan fingerprint density at radius 3 is 2.19 bits per heavy atom. The third kappa shape index (κ3) is 4.33. The van der Waals surface area contributed by atoms with Gasteiger partial charge in [-0.3, -0.25) is 4.79 Å². The fourth-order valence-electron chi connectivity index (χ4n) is 3.65. The molecule has 6 heteroatoms. The summed E-state index contributed by atoms with van der Waals surface area (Å²) in [7, 11) is -3.01. The van der Waals surface area contributed by atoms with E-state index >= 15 is 0 Å². The largest absolute Gasteiger partial charge is 0.484 e. The van der Waals surface area contributed by atoms with E-state index in [9.17, 15) is 13.2 Å². The zero-order chi connectivity index (χ0) is 18.9. The molecule has 2 aromatic rings. The van der Waals surface area contributed by atoms with Crippen LogP contribution in [0.4, 0.5) is 0 Å². The zero-order valence-corrected chi connectivity index (χ0v) is 15.9. The highest BCUT2D eigenvalue weighted by molar-refractivity contribution is 7.91. The highest BCUT2D eigenvalue weighted by atomic mass is 32.2. The molecule has 4 rings (SSSR count). The van der Waals surface area contributed by atoms with Gasteiger partial charge in [-0.05, 0) is 42.5 Å². The quantitative estimate of drug-likeness (QED) is 0.767. The van der Waals surface area contributed by atoms with Crippen LogP contribution in [0.5, 0.6) is 5.75 Å². The predicted octanol–water partition coefficient (Wildman–Crippen LogP) is 2.91. The third-order valence-electron chi connectivity index (χ3n) is 5.15. The summed E-state index contributed by atoms with van der Waals surface area (Å²) in [5.74, 6) is 0.779. The summed E-state index contributed by atoms with van der Waals surface area (Å²) >= 11 is 0. The third-order valence-corrected chi connectivity index (χ3v) is 6.90. The minimum absolute atomic E-state index is 0.0578. The molecule has 5 nitrogen and oxygen atoms in total. The first-order valence-electron chi connectivity index (χ1n) is 9.32. The van der Waals surface area contributed by atoms with Crippen molar-refractivity contribution in [3.8, 4) is 16.9 Å². The summed E-state index contributed by atoms with van der Waals surface area (Å²) < 4.78 is 29.2. The van der Waals surface area contributed by atoms with E-state index in [4.69, 9.17) is 4.74 Å². The van der Waals surface area contributed by atoms with Gasteiger partial charge in [0, 0.05) is 12.1 Å². The van der Waals surface area contributed by atoms with Crippen molar-refractivity contribution >= 4 is 15.7 Å². The van der Waals surface area contributed by atoms with Gasteiger partial charge in [0.1, 0.15) is 5.75 Å². The Kier molecular flexibility index (Phi) is 4.91. The number of sulfone groups is 1. The number of carbonyl (C=O) groups is 1. The van der Waals surface area contributed by atoms with Gasteiger partial charge in [0.25, 0.3) is 5.91 Å². The van der Waals surface area contributed by atoms with Gasteiger partial charge in [-0.25, -0.2) is 8.42 Å². The lowest BCUT2D eigenvalue weighted by atomic mass is 10.1. The van der Waals surface area contributed by atoms with E-state index in [0.29, 0.717) is 12.2 Å². The van der Waals surface area contributed by atoms with Crippen LogP contribution in [0.2, 0.25) is 0 Å². The first-order valence-corrected chi connectivity index (χ1v) is 11.1. The molecule has 1 saturated heterocycles. The molecule has 0 aromatic heterocycles. The molecule has 1 heterocycles. The van der Waals surface area contributed by atoms with Crippen LogP contribution in [0.15, 0.2) is 54.6 Å². The molecule has 0 N–H and O–H groups in total. The maximum atomic E-state index is 12.7. The van der Waals surface area contributed by atoms with E-state index in [2.05, 4.69) is 0 Å². The zero-order valence-electron chi connectivity index (χ0n) is 15.1. The monoisotopic (exact) mass is 385 g/mol. The highest BCUT2D eigenvalue weighted by Gasteiger charge is 2.42. The number of amides is 1. The van der Waals surface area contributed by atoms with Gasteiger partial charge in [0.2, 0.25) is 0 Å². The molecule has 1 aliphatic heterocycles. The van der Waals surface area contributed by atoms with E-state index in [1.54, 1.807) is 4.90 Å². The average molecular weight is 385 g/mol. The van der Waals surface area contributed by atoms with Gasteiger partial charge in [-0.1, -0.05) is 42.5 Å². The van der Waals surface area contributed by atoms with Gasteiger partial charge >= 0.3 is 0 Å².